The van der Waals surface area contributed by atoms with E-state index in [2.05, 4.69) is 44.3 Å². The number of likely N-dealkylation sites (tertiary alicyclic amines) is 1. The molecule has 3 aromatic heterocycles. The molecule has 1 N–H and O–H groups in total. The zero-order valence-electron chi connectivity index (χ0n) is 23.8. The summed E-state index contributed by atoms with van der Waals surface area (Å²) >= 11 is 0. The maximum absolute atomic E-state index is 13.4. The lowest BCUT2D eigenvalue weighted by Crippen LogP contribution is -2.36. The van der Waals surface area contributed by atoms with E-state index in [9.17, 15) is 9.59 Å². The van der Waals surface area contributed by atoms with Gasteiger partial charge in [0.25, 0.3) is 5.89 Å². The molecule has 41 heavy (non-hydrogen) atoms. The van der Waals surface area contributed by atoms with Gasteiger partial charge in [0.05, 0.1) is 17.9 Å². The Morgan fingerprint density at radius 2 is 1.98 bits per heavy atom. The maximum Gasteiger partial charge on any atom is 0.263 e. The van der Waals surface area contributed by atoms with E-state index in [-0.39, 0.29) is 35.0 Å². The Labute approximate surface area is 239 Å². The molecule has 6 rings (SSSR count). The fraction of sp³-hybridized carbons (Fsp3) is 0.469. The van der Waals surface area contributed by atoms with E-state index in [0.29, 0.717) is 24.5 Å². The predicted octanol–water partition coefficient (Wildman–Crippen LogP) is 5.91. The molecule has 1 aliphatic carbocycles. The van der Waals surface area contributed by atoms with E-state index in [1.807, 2.05) is 25.1 Å². The molecule has 1 spiro atoms. The highest BCUT2D eigenvalue weighted by Gasteiger charge is 2.58. The van der Waals surface area contributed by atoms with Crippen molar-refractivity contribution in [2.75, 3.05) is 20.1 Å². The van der Waals surface area contributed by atoms with Crippen LogP contribution in [0.1, 0.15) is 79.7 Å². The minimum absolute atomic E-state index is 0.0583. The lowest BCUT2D eigenvalue weighted by molar-refractivity contribution is -0.124. The molecule has 1 unspecified atom stereocenters. The quantitative estimate of drug-likeness (QED) is 0.179. The van der Waals surface area contributed by atoms with Crippen LogP contribution in [0.15, 0.2) is 57.8 Å². The van der Waals surface area contributed by atoms with Crippen LogP contribution in [0.3, 0.4) is 0 Å². The summed E-state index contributed by atoms with van der Waals surface area (Å²) in [4.78, 5) is 41.1. The number of aryl methyl sites for hydroxylation is 1. The molecular weight excluding hydrogens is 518 g/mol. The van der Waals surface area contributed by atoms with Crippen molar-refractivity contribution < 1.29 is 18.4 Å². The first-order chi connectivity index (χ1) is 19.9. The molecule has 0 bridgehead atoms. The van der Waals surface area contributed by atoms with Crippen molar-refractivity contribution in [3.63, 3.8) is 0 Å². The lowest BCUT2D eigenvalue weighted by atomic mass is 9.91. The smallest absolute Gasteiger partial charge is 0.263 e. The number of benzene rings is 1. The number of nitrogens with one attached hydrogen (secondary N) is 1. The molecule has 9 nitrogen and oxygen atoms in total. The Balaban J connectivity index is 1.13. The Hall–Kier alpha value is -3.85. The first-order valence-corrected chi connectivity index (χ1v) is 14.7. The van der Waals surface area contributed by atoms with Gasteiger partial charge >= 0.3 is 0 Å². The van der Waals surface area contributed by atoms with Crippen LogP contribution in [0, 0.1) is 18.3 Å². The van der Waals surface area contributed by atoms with Crippen molar-refractivity contribution in [1.29, 1.82) is 0 Å². The lowest BCUT2D eigenvalue weighted by Gasteiger charge is -2.30. The highest BCUT2D eigenvalue weighted by Crippen LogP contribution is 2.59. The van der Waals surface area contributed by atoms with Crippen LogP contribution < -0.4 is 5.32 Å². The van der Waals surface area contributed by atoms with Crippen molar-refractivity contribution in [2.45, 2.75) is 64.3 Å². The van der Waals surface area contributed by atoms with Gasteiger partial charge in [-0.25, -0.2) is 9.97 Å². The molecule has 4 heterocycles. The number of aromatic nitrogens is 3. The number of piperidine rings is 1. The summed E-state index contributed by atoms with van der Waals surface area (Å²) < 4.78 is 11.4. The van der Waals surface area contributed by atoms with E-state index in [1.54, 1.807) is 6.20 Å². The normalized spacial score (nSPS) is 18.9. The van der Waals surface area contributed by atoms with Crippen LogP contribution >= 0.6 is 0 Å². The number of ketones is 1. The van der Waals surface area contributed by atoms with Gasteiger partial charge in [-0.1, -0.05) is 18.9 Å². The number of pyridine rings is 1. The van der Waals surface area contributed by atoms with E-state index in [0.717, 1.165) is 73.8 Å². The fourth-order valence-electron chi connectivity index (χ4n) is 6.11. The number of hydrogen-bond donors (Lipinski definition) is 1. The summed E-state index contributed by atoms with van der Waals surface area (Å²) in [6, 6.07) is 9.77. The van der Waals surface area contributed by atoms with Gasteiger partial charge in [0.15, 0.2) is 5.76 Å². The van der Waals surface area contributed by atoms with Crippen molar-refractivity contribution in [1.82, 2.24) is 25.2 Å². The van der Waals surface area contributed by atoms with Crippen molar-refractivity contribution >= 4 is 22.6 Å². The van der Waals surface area contributed by atoms with E-state index < -0.39 is 0 Å². The topological polar surface area (TPSA) is 114 Å². The highest BCUT2D eigenvalue weighted by atomic mass is 16.4. The Morgan fingerprint density at radius 1 is 1.12 bits per heavy atom. The van der Waals surface area contributed by atoms with E-state index >= 15 is 0 Å². The SMILES string of the molecule is Cc1ccc2cc(-c3cnc(C(CCCCCC(=O)c4ncco4)NC(=O)[C@H]4CC45CCN(C)CC5)o3)ccc2n1. The minimum Gasteiger partial charge on any atom is -0.442 e. The number of carbonyl (C=O) groups excluding carboxylic acids is 2. The largest absolute Gasteiger partial charge is 0.442 e. The molecule has 9 heteroatoms. The maximum atomic E-state index is 13.4. The van der Waals surface area contributed by atoms with Crippen LogP contribution in [-0.4, -0.2) is 51.7 Å². The van der Waals surface area contributed by atoms with Gasteiger partial charge in [-0.05, 0) is 88.8 Å². The Kier molecular flexibility index (Phi) is 7.71. The number of rotatable bonds is 11. The molecule has 1 saturated carbocycles. The van der Waals surface area contributed by atoms with Gasteiger partial charge in [0.1, 0.15) is 12.3 Å². The molecule has 4 aromatic rings. The number of carbonyl (C=O) groups is 2. The molecule has 214 valence electrons. The van der Waals surface area contributed by atoms with Crippen molar-refractivity contribution in [3.8, 4) is 11.3 Å². The molecule has 2 atom stereocenters. The zero-order chi connectivity index (χ0) is 28.4. The molecule has 1 saturated heterocycles. The molecular formula is C32H37N5O4. The summed E-state index contributed by atoms with van der Waals surface area (Å²) in [5.41, 5.74) is 2.99. The Morgan fingerprint density at radius 3 is 2.78 bits per heavy atom. The fourth-order valence-corrected chi connectivity index (χ4v) is 6.11. The Bertz CT molecular complexity index is 1520. The zero-order valence-corrected chi connectivity index (χ0v) is 23.8. The molecule has 2 fully saturated rings. The number of unbranched alkanes of at least 4 members (excludes halogenated alkanes) is 2. The number of fused-ring (bicyclic) bond motifs is 1. The number of hydrogen-bond acceptors (Lipinski definition) is 8. The van der Waals surface area contributed by atoms with Gasteiger partial charge in [0.2, 0.25) is 17.6 Å². The van der Waals surface area contributed by atoms with Gasteiger partial charge in [0, 0.05) is 29.0 Å². The van der Waals surface area contributed by atoms with Crippen LogP contribution in [-0.2, 0) is 4.79 Å². The minimum atomic E-state index is -0.327. The molecule has 1 aliphatic heterocycles. The molecule has 2 aliphatic rings. The monoisotopic (exact) mass is 555 g/mol. The first kappa shape index (κ1) is 27.3. The van der Waals surface area contributed by atoms with Crippen molar-refractivity contribution in [2.24, 2.45) is 11.3 Å². The summed E-state index contributed by atoms with van der Waals surface area (Å²) in [6.45, 7) is 4.07. The predicted molar refractivity (Wildman–Crippen MR) is 154 cm³/mol. The van der Waals surface area contributed by atoms with Gasteiger partial charge in [-0.15, -0.1) is 0 Å². The number of oxazole rings is 2. The second-order valence-electron chi connectivity index (χ2n) is 11.8. The number of Topliss-reactive ketones (excluding diaryl/α,β-unsaturated/α-hetero) is 1. The molecule has 1 aromatic carbocycles. The second kappa shape index (κ2) is 11.6. The summed E-state index contributed by atoms with van der Waals surface area (Å²) in [6.07, 6.45) is 11.2. The van der Waals surface area contributed by atoms with Crippen LogP contribution in [0.5, 0.6) is 0 Å². The van der Waals surface area contributed by atoms with Gasteiger partial charge in [-0.3, -0.25) is 14.6 Å². The first-order valence-electron chi connectivity index (χ1n) is 14.7. The van der Waals surface area contributed by atoms with Crippen LogP contribution in [0.4, 0.5) is 0 Å². The van der Waals surface area contributed by atoms with Gasteiger partial charge < -0.3 is 19.1 Å². The summed E-state index contributed by atoms with van der Waals surface area (Å²) in [7, 11) is 2.15. The molecule has 1 amide bonds. The van der Waals surface area contributed by atoms with Gasteiger partial charge in [-0.2, -0.15) is 0 Å². The summed E-state index contributed by atoms with van der Waals surface area (Å²) in [5, 5.41) is 4.32. The number of nitrogens with zero attached hydrogens (tertiary/aromatic N) is 4. The van der Waals surface area contributed by atoms with Crippen LogP contribution in [0.2, 0.25) is 0 Å². The third-order valence-electron chi connectivity index (χ3n) is 8.81. The third-order valence-corrected chi connectivity index (χ3v) is 8.81. The highest BCUT2D eigenvalue weighted by molar-refractivity contribution is 5.91. The average molecular weight is 556 g/mol. The number of amides is 1. The summed E-state index contributed by atoms with van der Waals surface area (Å²) in [5.74, 6) is 1.42. The van der Waals surface area contributed by atoms with E-state index in [1.165, 1.54) is 12.5 Å². The van der Waals surface area contributed by atoms with E-state index in [4.69, 9.17) is 8.83 Å². The average Bonchev–Trinajstić information content (AvgIpc) is 3.33. The second-order valence-corrected chi connectivity index (χ2v) is 11.8. The standard InChI is InChI=1S/C32H37N5O4/c1-21-8-9-22-18-23(10-11-25(22)35-21)28-20-34-30(41-28)26(6-4-3-5-7-27(38)31-33-14-17-40-31)36-29(39)24-19-32(24)12-15-37(2)16-13-32/h8-11,14,17-18,20,24,26H,3-7,12-13,15-16,19H2,1-2H3,(H,36,39)/t24-,26?/m1/s1. The van der Waals surface area contributed by atoms with Crippen LogP contribution in [0.25, 0.3) is 22.2 Å². The van der Waals surface area contributed by atoms with Crippen molar-refractivity contribution in [3.05, 3.63) is 66.5 Å². The third kappa shape index (κ3) is 6.10. The molecule has 0 radical (unpaired) electrons.